The largest absolute Gasteiger partial charge is 0.493 e. The van der Waals surface area contributed by atoms with Crippen LogP contribution in [0.25, 0.3) is 11.3 Å². The van der Waals surface area contributed by atoms with E-state index in [1.165, 1.54) is 0 Å². The van der Waals surface area contributed by atoms with Crippen LogP contribution in [0.4, 0.5) is 11.6 Å². The van der Waals surface area contributed by atoms with Crippen LogP contribution < -0.4 is 14.8 Å². The van der Waals surface area contributed by atoms with E-state index < -0.39 is 0 Å². The van der Waals surface area contributed by atoms with Gasteiger partial charge in [0.25, 0.3) is 0 Å². The molecule has 1 aromatic heterocycles. The van der Waals surface area contributed by atoms with Crippen molar-refractivity contribution in [2.45, 2.75) is 26.9 Å². The second kappa shape index (κ2) is 12.9. The summed E-state index contributed by atoms with van der Waals surface area (Å²) in [5.41, 5.74) is 3.67. The standard InChI is InChI=1S/C28H34N4O3/c1-3-32(4-2)15-18-35-27-12-11-24-19-23(27)21-33-16-6-5-7-17-34-25-10-8-9-22(20-25)26-13-14-29-28(30-24)31-26/h5-6,8-14,19-20H,3-4,7,15-18,21H2,1-2H3,(H,29,30,31). The zero-order valence-corrected chi connectivity index (χ0v) is 20.6. The molecule has 6 bridgehead atoms. The Morgan fingerprint density at radius 3 is 2.86 bits per heavy atom. The molecule has 0 saturated heterocycles. The van der Waals surface area contributed by atoms with E-state index in [1.807, 2.05) is 54.6 Å². The van der Waals surface area contributed by atoms with Gasteiger partial charge in [-0.25, -0.2) is 9.97 Å². The summed E-state index contributed by atoms with van der Waals surface area (Å²) in [4.78, 5) is 11.5. The number of nitrogens with one attached hydrogen (secondary N) is 1. The Labute approximate surface area is 207 Å². The lowest BCUT2D eigenvalue weighted by Crippen LogP contribution is -2.28. The fourth-order valence-electron chi connectivity index (χ4n) is 3.86. The number of hydrogen-bond acceptors (Lipinski definition) is 7. The fourth-order valence-corrected chi connectivity index (χ4v) is 3.86. The van der Waals surface area contributed by atoms with Crippen molar-refractivity contribution in [1.29, 1.82) is 0 Å². The first kappa shape index (κ1) is 24.7. The molecule has 4 rings (SSSR count). The highest BCUT2D eigenvalue weighted by molar-refractivity contribution is 5.64. The molecule has 0 radical (unpaired) electrons. The van der Waals surface area contributed by atoms with Crippen molar-refractivity contribution in [1.82, 2.24) is 14.9 Å². The minimum Gasteiger partial charge on any atom is -0.493 e. The van der Waals surface area contributed by atoms with Gasteiger partial charge in [0.2, 0.25) is 5.95 Å². The molecule has 0 fully saturated rings. The molecule has 1 N–H and O–H groups in total. The molecular formula is C28H34N4O3. The minimum atomic E-state index is 0.447. The van der Waals surface area contributed by atoms with Crippen LogP contribution in [0.1, 0.15) is 25.8 Å². The van der Waals surface area contributed by atoms with Crippen molar-refractivity contribution >= 4 is 11.6 Å². The lowest BCUT2D eigenvalue weighted by molar-refractivity contribution is 0.143. The summed E-state index contributed by atoms with van der Waals surface area (Å²) in [7, 11) is 0. The first-order valence-electron chi connectivity index (χ1n) is 12.3. The van der Waals surface area contributed by atoms with Gasteiger partial charge < -0.3 is 24.4 Å². The predicted molar refractivity (Wildman–Crippen MR) is 139 cm³/mol. The molecule has 1 aliphatic rings. The van der Waals surface area contributed by atoms with Crippen LogP contribution in [0.3, 0.4) is 0 Å². The van der Waals surface area contributed by atoms with E-state index in [0.29, 0.717) is 32.4 Å². The molecule has 2 heterocycles. The zero-order valence-electron chi connectivity index (χ0n) is 20.6. The third-order valence-corrected chi connectivity index (χ3v) is 5.85. The molecule has 0 spiro atoms. The Hall–Kier alpha value is -3.42. The fraction of sp³-hybridized carbons (Fsp3) is 0.357. The van der Waals surface area contributed by atoms with Gasteiger partial charge in [-0.1, -0.05) is 38.1 Å². The van der Waals surface area contributed by atoms with Crippen LogP contribution >= 0.6 is 0 Å². The van der Waals surface area contributed by atoms with Gasteiger partial charge in [0.1, 0.15) is 18.1 Å². The summed E-state index contributed by atoms with van der Waals surface area (Å²) < 4.78 is 18.0. The summed E-state index contributed by atoms with van der Waals surface area (Å²) in [6.45, 7) is 9.45. The summed E-state index contributed by atoms with van der Waals surface area (Å²) in [6.07, 6.45) is 6.69. The van der Waals surface area contributed by atoms with Crippen molar-refractivity contribution in [3.63, 3.8) is 0 Å². The number of benzene rings is 2. The monoisotopic (exact) mass is 474 g/mol. The molecule has 0 unspecified atom stereocenters. The maximum atomic E-state index is 6.14. The van der Waals surface area contributed by atoms with Crippen molar-refractivity contribution in [3.8, 4) is 22.8 Å². The number of likely N-dealkylation sites (N-methyl/N-ethyl adjacent to an activating group) is 1. The van der Waals surface area contributed by atoms with Crippen molar-refractivity contribution in [2.75, 3.05) is 44.8 Å². The summed E-state index contributed by atoms with van der Waals surface area (Å²) in [5.74, 6) is 2.18. The Bertz CT molecular complexity index is 1110. The van der Waals surface area contributed by atoms with Gasteiger partial charge in [-0.05, 0) is 55.9 Å². The lowest BCUT2D eigenvalue weighted by atomic mass is 10.1. The molecule has 2 aromatic carbocycles. The highest BCUT2D eigenvalue weighted by atomic mass is 16.5. The predicted octanol–water partition coefficient (Wildman–Crippen LogP) is 5.46. The van der Waals surface area contributed by atoms with Gasteiger partial charge in [0, 0.05) is 29.6 Å². The molecule has 3 aromatic rings. The van der Waals surface area contributed by atoms with E-state index in [-0.39, 0.29) is 0 Å². The highest BCUT2D eigenvalue weighted by Crippen LogP contribution is 2.27. The van der Waals surface area contributed by atoms with Crippen molar-refractivity contribution in [3.05, 3.63) is 72.4 Å². The molecule has 0 aliphatic carbocycles. The smallest absolute Gasteiger partial charge is 0.227 e. The van der Waals surface area contributed by atoms with Gasteiger partial charge >= 0.3 is 0 Å². The van der Waals surface area contributed by atoms with Gasteiger partial charge in [-0.3, -0.25) is 0 Å². The second-order valence-corrected chi connectivity index (χ2v) is 8.24. The summed E-state index contributed by atoms with van der Waals surface area (Å²) >= 11 is 0. The molecule has 0 saturated carbocycles. The van der Waals surface area contributed by atoms with E-state index >= 15 is 0 Å². The maximum Gasteiger partial charge on any atom is 0.227 e. The minimum absolute atomic E-state index is 0.447. The third-order valence-electron chi connectivity index (χ3n) is 5.85. The summed E-state index contributed by atoms with van der Waals surface area (Å²) in [6, 6.07) is 15.9. The number of fused-ring (bicyclic) bond motifs is 7. The molecule has 0 amide bonds. The molecule has 35 heavy (non-hydrogen) atoms. The molecule has 184 valence electrons. The average molecular weight is 475 g/mol. The normalized spacial score (nSPS) is 13.9. The van der Waals surface area contributed by atoms with Gasteiger partial charge in [-0.15, -0.1) is 0 Å². The molecule has 1 aliphatic heterocycles. The Kier molecular flexibility index (Phi) is 9.09. The highest BCUT2D eigenvalue weighted by Gasteiger charge is 2.10. The van der Waals surface area contributed by atoms with Crippen LogP contribution in [-0.2, 0) is 11.3 Å². The third kappa shape index (κ3) is 7.28. The van der Waals surface area contributed by atoms with Crippen LogP contribution in [-0.4, -0.2) is 54.3 Å². The van der Waals surface area contributed by atoms with Gasteiger partial charge in [0.15, 0.2) is 0 Å². The first-order valence-corrected chi connectivity index (χ1v) is 12.3. The van der Waals surface area contributed by atoms with E-state index in [9.17, 15) is 0 Å². The van der Waals surface area contributed by atoms with Crippen molar-refractivity contribution < 1.29 is 14.2 Å². The number of anilines is 2. The Morgan fingerprint density at radius 2 is 1.97 bits per heavy atom. The second-order valence-electron chi connectivity index (χ2n) is 8.24. The number of aromatic nitrogens is 2. The summed E-state index contributed by atoms with van der Waals surface area (Å²) in [5, 5.41) is 3.33. The SMILES string of the molecule is CCN(CC)CCOc1ccc2cc1COCC=CCCOc1cccc(c1)-c1ccnc(n1)N2. The number of rotatable bonds is 6. The maximum absolute atomic E-state index is 6.14. The molecular weight excluding hydrogens is 440 g/mol. The van der Waals surface area contributed by atoms with Gasteiger partial charge in [0.05, 0.1) is 25.5 Å². The Balaban J connectivity index is 1.57. The lowest BCUT2D eigenvalue weighted by Gasteiger charge is -2.19. The number of hydrogen-bond donors (Lipinski definition) is 1. The topological polar surface area (TPSA) is 68.7 Å². The molecule has 7 heteroatoms. The van der Waals surface area contributed by atoms with Gasteiger partial charge in [-0.2, -0.15) is 0 Å². The first-order chi connectivity index (χ1) is 17.2. The molecule has 0 atom stereocenters. The number of ether oxygens (including phenoxy) is 3. The Morgan fingerprint density at radius 1 is 1.06 bits per heavy atom. The quantitative estimate of drug-likeness (QED) is 0.476. The van der Waals surface area contributed by atoms with Crippen LogP contribution in [0, 0.1) is 0 Å². The number of nitrogens with zero attached hydrogens (tertiary/aromatic N) is 3. The van der Waals surface area contributed by atoms with Crippen molar-refractivity contribution in [2.24, 2.45) is 0 Å². The van der Waals surface area contributed by atoms with Crippen LogP contribution in [0.5, 0.6) is 11.5 Å². The van der Waals surface area contributed by atoms with E-state index in [4.69, 9.17) is 19.2 Å². The van der Waals surface area contributed by atoms with E-state index in [2.05, 4.69) is 35.1 Å². The average Bonchev–Trinajstić information content (AvgIpc) is 2.89. The van der Waals surface area contributed by atoms with Crippen LogP contribution in [0.15, 0.2) is 66.9 Å². The van der Waals surface area contributed by atoms with Crippen LogP contribution in [0.2, 0.25) is 0 Å². The van der Waals surface area contributed by atoms with E-state index in [0.717, 1.165) is 60.1 Å². The van der Waals surface area contributed by atoms with E-state index in [1.54, 1.807) is 6.20 Å². The molecule has 7 nitrogen and oxygen atoms in total. The zero-order chi connectivity index (χ0) is 24.3.